The third-order valence-corrected chi connectivity index (χ3v) is 5.84. The lowest BCUT2D eigenvalue weighted by molar-refractivity contribution is 0.414. The van der Waals surface area contributed by atoms with Gasteiger partial charge in [-0.15, -0.1) is 24.0 Å². The molecule has 1 aromatic heterocycles. The smallest absolute Gasteiger partial charge is 0.191 e. The number of benzene rings is 2. The van der Waals surface area contributed by atoms with Crippen LogP contribution < -0.4 is 20.3 Å². The van der Waals surface area contributed by atoms with Crippen LogP contribution in [0, 0.1) is 0 Å². The number of hydrogen-bond donors (Lipinski definition) is 2. The Balaban J connectivity index is 0.00000306. The first-order valence-corrected chi connectivity index (χ1v) is 11.2. The van der Waals surface area contributed by atoms with E-state index in [1.807, 2.05) is 41.2 Å². The summed E-state index contributed by atoms with van der Waals surface area (Å²) in [7, 11) is 3.46. The average Bonchev–Trinajstić information content (AvgIpc) is 3.54. The number of nitrogens with one attached hydrogen (secondary N) is 2. The minimum atomic E-state index is 0. The summed E-state index contributed by atoms with van der Waals surface area (Å²) in [6, 6.07) is 18.8. The van der Waals surface area contributed by atoms with Crippen LogP contribution in [-0.2, 0) is 6.54 Å². The van der Waals surface area contributed by atoms with Gasteiger partial charge in [0.2, 0.25) is 0 Å². The van der Waals surface area contributed by atoms with Crippen LogP contribution in [0.25, 0.3) is 5.69 Å². The molecule has 0 radical (unpaired) electrons. The molecule has 2 N–H and O–H groups in total. The van der Waals surface area contributed by atoms with Crippen LogP contribution in [0.1, 0.15) is 37.1 Å². The first-order chi connectivity index (χ1) is 15.7. The highest BCUT2D eigenvalue weighted by atomic mass is 127. The van der Waals surface area contributed by atoms with Gasteiger partial charge in [-0.25, -0.2) is 4.68 Å². The summed E-state index contributed by atoms with van der Waals surface area (Å²) in [4.78, 5) is 6.85. The lowest BCUT2D eigenvalue weighted by atomic mass is 10.1. The first-order valence-electron chi connectivity index (χ1n) is 11.2. The van der Waals surface area contributed by atoms with Gasteiger partial charge in [-0.3, -0.25) is 4.99 Å². The molecule has 176 valence electrons. The predicted octanol–water partition coefficient (Wildman–Crippen LogP) is 4.53. The van der Waals surface area contributed by atoms with Crippen molar-refractivity contribution in [3.8, 4) is 11.4 Å². The van der Waals surface area contributed by atoms with Gasteiger partial charge in [-0.2, -0.15) is 5.10 Å². The van der Waals surface area contributed by atoms with Crippen molar-refractivity contribution < 1.29 is 4.74 Å². The van der Waals surface area contributed by atoms with E-state index in [-0.39, 0.29) is 30.0 Å². The average molecular weight is 560 g/mol. The summed E-state index contributed by atoms with van der Waals surface area (Å²) in [5.41, 5.74) is 4.49. The summed E-state index contributed by atoms with van der Waals surface area (Å²) in [5, 5.41) is 11.5. The number of halogens is 1. The second-order valence-electron chi connectivity index (χ2n) is 8.03. The number of rotatable bonds is 7. The molecule has 8 heteroatoms. The molecule has 0 spiro atoms. The van der Waals surface area contributed by atoms with E-state index in [0.29, 0.717) is 6.54 Å². The molecule has 0 aliphatic carbocycles. The highest BCUT2D eigenvalue weighted by Crippen LogP contribution is 2.24. The van der Waals surface area contributed by atoms with Crippen LogP contribution in [0.5, 0.6) is 5.75 Å². The van der Waals surface area contributed by atoms with E-state index >= 15 is 0 Å². The highest BCUT2D eigenvalue weighted by molar-refractivity contribution is 14.0. The summed E-state index contributed by atoms with van der Waals surface area (Å²) >= 11 is 0. The van der Waals surface area contributed by atoms with E-state index in [4.69, 9.17) is 4.74 Å². The SMILES string of the molecule is CN=C(NCc1ccn(-c2ccc(OC)cc2)n1)NC(C)c1cccc(N2CCCC2)c1.I. The molecule has 7 nitrogen and oxygen atoms in total. The van der Waals surface area contributed by atoms with Gasteiger partial charge in [0.15, 0.2) is 5.96 Å². The van der Waals surface area contributed by atoms with Crippen LogP contribution in [0.15, 0.2) is 65.8 Å². The van der Waals surface area contributed by atoms with Crippen LogP contribution >= 0.6 is 24.0 Å². The molecule has 1 saturated heterocycles. The summed E-state index contributed by atoms with van der Waals surface area (Å²) in [5.74, 6) is 1.58. The van der Waals surface area contributed by atoms with Gasteiger partial charge in [0.25, 0.3) is 0 Å². The van der Waals surface area contributed by atoms with E-state index in [0.717, 1.165) is 36.2 Å². The maximum Gasteiger partial charge on any atom is 0.191 e. The second kappa shape index (κ2) is 11.9. The monoisotopic (exact) mass is 560 g/mol. The number of aromatic nitrogens is 2. The quantitative estimate of drug-likeness (QED) is 0.253. The number of guanidine groups is 1. The number of hydrogen-bond acceptors (Lipinski definition) is 4. The van der Waals surface area contributed by atoms with Crippen LogP contribution in [0.2, 0.25) is 0 Å². The fourth-order valence-electron chi connectivity index (χ4n) is 3.96. The Hall–Kier alpha value is -2.75. The zero-order valence-electron chi connectivity index (χ0n) is 19.5. The lowest BCUT2D eigenvalue weighted by Crippen LogP contribution is -2.38. The molecule has 3 aromatic rings. The molecule has 1 unspecified atom stereocenters. The molecule has 33 heavy (non-hydrogen) atoms. The maximum atomic E-state index is 5.22. The van der Waals surface area contributed by atoms with Crippen molar-refractivity contribution in [2.75, 3.05) is 32.1 Å². The van der Waals surface area contributed by atoms with Gasteiger partial charge < -0.3 is 20.3 Å². The molecule has 1 atom stereocenters. The minimum Gasteiger partial charge on any atom is -0.497 e. The molecule has 2 aromatic carbocycles. The Labute approximate surface area is 213 Å². The Kier molecular flexibility index (Phi) is 8.99. The van der Waals surface area contributed by atoms with E-state index in [1.165, 1.54) is 24.1 Å². The standard InChI is InChI=1S/C25H32N6O.HI/c1-19(20-7-6-8-23(17-20)30-14-4-5-15-30)28-25(26-2)27-18-21-13-16-31(29-21)22-9-11-24(32-3)12-10-22;/h6-13,16-17,19H,4-5,14-15,18H2,1-3H3,(H2,26,27,28);1H. The van der Waals surface area contributed by atoms with Crippen molar-refractivity contribution in [1.82, 2.24) is 20.4 Å². The van der Waals surface area contributed by atoms with Crippen LogP contribution in [-0.4, -0.2) is 43.0 Å². The largest absolute Gasteiger partial charge is 0.497 e. The van der Waals surface area contributed by atoms with Crippen LogP contribution in [0.4, 0.5) is 5.69 Å². The van der Waals surface area contributed by atoms with E-state index in [2.05, 4.69) is 56.8 Å². The summed E-state index contributed by atoms with van der Waals surface area (Å²) < 4.78 is 7.08. The number of aliphatic imine (C=N–C) groups is 1. The molecule has 2 heterocycles. The summed E-state index contributed by atoms with van der Waals surface area (Å²) in [6.45, 7) is 5.05. The van der Waals surface area contributed by atoms with Gasteiger partial charge in [0.05, 0.1) is 31.1 Å². The fraction of sp³-hybridized carbons (Fsp3) is 0.360. The van der Waals surface area contributed by atoms with E-state index in [9.17, 15) is 0 Å². The molecule has 0 amide bonds. The topological polar surface area (TPSA) is 66.7 Å². The molecule has 0 bridgehead atoms. The highest BCUT2D eigenvalue weighted by Gasteiger charge is 2.14. The van der Waals surface area contributed by atoms with Gasteiger partial charge in [-0.05, 0) is 67.8 Å². The predicted molar refractivity (Wildman–Crippen MR) is 145 cm³/mol. The second-order valence-corrected chi connectivity index (χ2v) is 8.03. The zero-order valence-corrected chi connectivity index (χ0v) is 21.8. The molecular weight excluding hydrogens is 527 g/mol. The van der Waals surface area contributed by atoms with Gasteiger partial charge in [-0.1, -0.05) is 12.1 Å². The van der Waals surface area contributed by atoms with E-state index < -0.39 is 0 Å². The van der Waals surface area contributed by atoms with Crippen LogP contribution in [0.3, 0.4) is 0 Å². The molecule has 4 rings (SSSR count). The van der Waals surface area contributed by atoms with Crippen molar-refractivity contribution in [1.29, 1.82) is 0 Å². The van der Waals surface area contributed by atoms with Crippen molar-refractivity contribution in [2.45, 2.75) is 32.4 Å². The number of methoxy groups -OCH3 is 1. The lowest BCUT2D eigenvalue weighted by Gasteiger charge is -2.22. The van der Waals surface area contributed by atoms with Crippen molar-refractivity contribution in [2.24, 2.45) is 4.99 Å². The minimum absolute atomic E-state index is 0. The Bertz CT molecular complexity index is 1040. The normalized spacial score (nSPS) is 14.5. The number of nitrogens with zero attached hydrogens (tertiary/aromatic N) is 4. The number of anilines is 1. The Morgan fingerprint density at radius 1 is 1.09 bits per heavy atom. The Morgan fingerprint density at radius 3 is 2.55 bits per heavy atom. The van der Waals surface area contributed by atoms with Crippen molar-refractivity contribution >= 4 is 35.6 Å². The zero-order chi connectivity index (χ0) is 22.3. The summed E-state index contributed by atoms with van der Waals surface area (Å²) in [6.07, 6.45) is 4.52. The van der Waals surface area contributed by atoms with Crippen molar-refractivity contribution in [3.05, 3.63) is 72.1 Å². The third kappa shape index (κ3) is 6.40. The maximum absolute atomic E-state index is 5.22. The third-order valence-electron chi connectivity index (χ3n) is 5.84. The molecule has 1 aliphatic heterocycles. The fourth-order valence-corrected chi connectivity index (χ4v) is 3.96. The Morgan fingerprint density at radius 2 is 1.85 bits per heavy atom. The first kappa shape index (κ1) is 24.9. The molecule has 1 aliphatic rings. The van der Waals surface area contributed by atoms with E-state index in [1.54, 1.807) is 14.2 Å². The molecule has 0 saturated carbocycles. The van der Waals surface area contributed by atoms with Gasteiger partial charge in [0, 0.05) is 32.0 Å². The van der Waals surface area contributed by atoms with Gasteiger partial charge >= 0.3 is 0 Å². The molecular formula is C25H33IN6O. The molecule has 1 fully saturated rings. The number of ether oxygens (including phenoxy) is 1. The van der Waals surface area contributed by atoms with Gasteiger partial charge in [0.1, 0.15) is 5.75 Å². The van der Waals surface area contributed by atoms with Crippen molar-refractivity contribution in [3.63, 3.8) is 0 Å².